The van der Waals surface area contributed by atoms with Gasteiger partial charge < -0.3 is 0 Å². The number of hydrogen-bond donors (Lipinski definition) is 0. The highest BCUT2D eigenvalue weighted by Crippen LogP contribution is 2.12. The molecule has 0 N–H and O–H groups in total. The van der Waals surface area contributed by atoms with Crippen molar-refractivity contribution in [3.8, 4) is 0 Å². The van der Waals surface area contributed by atoms with Crippen molar-refractivity contribution in [3.05, 3.63) is 12.7 Å². The van der Waals surface area contributed by atoms with Crippen molar-refractivity contribution >= 4 is 5.78 Å². The van der Waals surface area contributed by atoms with Crippen molar-refractivity contribution in [3.63, 3.8) is 0 Å². The van der Waals surface area contributed by atoms with Gasteiger partial charge in [0.15, 0.2) is 0 Å². The Kier molecular flexibility index (Phi) is 7.66. The lowest BCUT2D eigenvalue weighted by atomic mass is 9.96. The van der Waals surface area contributed by atoms with Gasteiger partial charge in [-0.2, -0.15) is 0 Å². The van der Waals surface area contributed by atoms with Crippen LogP contribution in [0.5, 0.6) is 0 Å². The minimum atomic E-state index is 0.256. The Morgan fingerprint density at radius 1 is 1.46 bits per heavy atom. The van der Waals surface area contributed by atoms with Crippen LogP contribution in [0.25, 0.3) is 0 Å². The maximum absolute atomic E-state index is 11.4. The lowest BCUT2D eigenvalue weighted by molar-refractivity contribution is -0.122. The molecule has 0 aliphatic rings. The zero-order valence-electron chi connectivity index (χ0n) is 9.01. The van der Waals surface area contributed by atoms with Crippen molar-refractivity contribution in [2.24, 2.45) is 5.92 Å². The summed E-state index contributed by atoms with van der Waals surface area (Å²) in [4.78, 5) is 11.4. The lowest BCUT2D eigenvalue weighted by Crippen LogP contribution is -2.10. The van der Waals surface area contributed by atoms with E-state index in [2.05, 4.69) is 13.5 Å². The van der Waals surface area contributed by atoms with E-state index in [9.17, 15) is 4.79 Å². The second-order valence-electron chi connectivity index (χ2n) is 3.69. The van der Waals surface area contributed by atoms with Gasteiger partial charge in [0.05, 0.1) is 0 Å². The van der Waals surface area contributed by atoms with Gasteiger partial charge >= 0.3 is 0 Å². The molecule has 0 aliphatic carbocycles. The fourth-order valence-electron chi connectivity index (χ4n) is 1.35. The van der Waals surface area contributed by atoms with E-state index in [0.29, 0.717) is 12.2 Å². The number of Topliss-reactive ketones (excluding diaryl/α,β-unsaturated/α-hetero) is 1. The molecule has 1 unspecified atom stereocenters. The molecule has 0 amide bonds. The first-order valence-corrected chi connectivity index (χ1v) is 5.36. The number of carbonyl (C=O) groups is 1. The Morgan fingerprint density at radius 2 is 2.15 bits per heavy atom. The molecule has 0 aromatic carbocycles. The van der Waals surface area contributed by atoms with Crippen molar-refractivity contribution in [2.75, 3.05) is 0 Å². The molecule has 0 bridgehead atoms. The van der Waals surface area contributed by atoms with Gasteiger partial charge in [0.1, 0.15) is 5.78 Å². The summed E-state index contributed by atoms with van der Waals surface area (Å²) in [6, 6.07) is 0. The van der Waals surface area contributed by atoms with Crippen LogP contribution in [0.3, 0.4) is 0 Å². The Hall–Kier alpha value is -0.590. The second-order valence-corrected chi connectivity index (χ2v) is 3.69. The molecule has 13 heavy (non-hydrogen) atoms. The third-order valence-corrected chi connectivity index (χ3v) is 2.39. The Morgan fingerprint density at radius 3 is 2.69 bits per heavy atom. The summed E-state index contributed by atoms with van der Waals surface area (Å²) < 4.78 is 0. The van der Waals surface area contributed by atoms with Crippen LogP contribution in [0.2, 0.25) is 0 Å². The molecular weight excluding hydrogens is 160 g/mol. The molecule has 1 heteroatoms. The van der Waals surface area contributed by atoms with Crippen molar-refractivity contribution in [2.45, 2.75) is 52.4 Å². The van der Waals surface area contributed by atoms with Gasteiger partial charge in [-0.15, -0.1) is 6.58 Å². The van der Waals surface area contributed by atoms with Crippen LogP contribution >= 0.6 is 0 Å². The molecule has 1 atom stereocenters. The molecule has 0 saturated heterocycles. The van der Waals surface area contributed by atoms with Crippen molar-refractivity contribution < 1.29 is 4.79 Å². The highest BCUT2D eigenvalue weighted by Gasteiger charge is 2.10. The maximum Gasteiger partial charge on any atom is 0.136 e. The van der Waals surface area contributed by atoms with Gasteiger partial charge in [0.25, 0.3) is 0 Å². The number of ketones is 1. The summed E-state index contributed by atoms with van der Waals surface area (Å²) in [6.45, 7) is 7.84. The SMILES string of the molecule is C=CCCC(=O)C(C)CCCCC. The average Bonchev–Trinajstić information content (AvgIpc) is 2.14. The molecule has 1 nitrogen and oxygen atoms in total. The van der Waals surface area contributed by atoms with Gasteiger partial charge in [-0.05, 0) is 12.8 Å². The van der Waals surface area contributed by atoms with E-state index in [1.165, 1.54) is 19.3 Å². The van der Waals surface area contributed by atoms with E-state index in [-0.39, 0.29) is 5.92 Å². The molecule has 0 rings (SSSR count). The molecule has 0 aromatic rings. The first-order valence-electron chi connectivity index (χ1n) is 5.36. The van der Waals surface area contributed by atoms with Crippen molar-refractivity contribution in [1.29, 1.82) is 0 Å². The fraction of sp³-hybridized carbons (Fsp3) is 0.750. The van der Waals surface area contributed by atoms with Gasteiger partial charge in [0.2, 0.25) is 0 Å². The number of carbonyl (C=O) groups excluding carboxylic acids is 1. The van der Waals surface area contributed by atoms with E-state index in [4.69, 9.17) is 0 Å². The summed E-state index contributed by atoms with van der Waals surface area (Å²) in [5.41, 5.74) is 0. The predicted molar refractivity (Wildman–Crippen MR) is 57.7 cm³/mol. The summed E-state index contributed by atoms with van der Waals surface area (Å²) >= 11 is 0. The topological polar surface area (TPSA) is 17.1 Å². The molecular formula is C12H22O. The Balaban J connectivity index is 3.50. The van der Waals surface area contributed by atoms with Gasteiger partial charge in [-0.25, -0.2) is 0 Å². The minimum absolute atomic E-state index is 0.256. The molecule has 0 aromatic heterocycles. The van der Waals surface area contributed by atoms with E-state index in [1.54, 1.807) is 0 Å². The van der Waals surface area contributed by atoms with Crippen LogP contribution in [0.15, 0.2) is 12.7 Å². The third kappa shape index (κ3) is 6.56. The minimum Gasteiger partial charge on any atom is -0.299 e. The van der Waals surface area contributed by atoms with Gasteiger partial charge in [-0.1, -0.05) is 39.2 Å². The van der Waals surface area contributed by atoms with Crippen LogP contribution in [0.4, 0.5) is 0 Å². The van der Waals surface area contributed by atoms with E-state index in [1.807, 2.05) is 13.0 Å². The molecule has 0 spiro atoms. The second kappa shape index (κ2) is 8.03. The molecule has 0 fully saturated rings. The predicted octanol–water partition coefficient (Wildman–Crippen LogP) is 3.74. The highest BCUT2D eigenvalue weighted by molar-refractivity contribution is 5.80. The first-order chi connectivity index (χ1) is 6.22. The number of unbranched alkanes of at least 4 members (excludes halogenated alkanes) is 2. The normalized spacial score (nSPS) is 12.5. The zero-order valence-corrected chi connectivity index (χ0v) is 9.01. The maximum atomic E-state index is 11.4. The summed E-state index contributed by atoms with van der Waals surface area (Å²) in [7, 11) is 0. The number of hydrogen-bond acceptors (Lipinski definition) is 1. The number of allylic oxidation sites excluding steroid dienone is 1. The summed E-state index contributed by atoms with van der Waals surface area (Å²) in [6.07, 6.45) is 8.05. The van der Waals surface area contributed by atoms with E-state index in [0.717, 1.165) is 12.8 Å². The van der Waals surface area contributed by atoms with Crippen LogP contribution in [0.1, 0.15) is 52.4 Å². The van der Waals surface area contributed by atoms with Crippen LogP contribution in [-0.4, -0.2) is 5.78 Å². The zero-order chi connectivity index (χ0) is 10.1. The average molecular weight is 182 g/mol. The summed E-state index contributed by atoms with van der Waals surface area (Å²) in [5.74, 6) is 0.655. The quantitative estimate of drug-likeness (QED) is 0.413. The largest absolute Gasteiger partial charge is 0.299 e. The smallest absolute Gasteiger partial charge is 0.136 e. The van der Waals surface area contributed by atoms with Crippen LogP contribution in [0, 0.1) is 5.92 Å². The highest BCUT2D eigenvalue weighted by atomic mass is 16.1. The standard InChI is InChI=1S/C12H22O/c1-4-6-8-9-11(3)12(13)10-7-5-2/h5,11H,2,4,6-10H2,1,3H3. The lowest BCUT2D eigenvalue weighted by Gasteiger charge is -2.08. The van der Waals surface area contributed by atoms with Crippen molar-refractivity contribution in [1.82, 2.24) is 0 Å². The molecule has 0 heterocycles. The van der Waals surface area contributed by atoms with Crippen LogP contribution in [-0.2, 0) is 4.79 Å². The monoisotopic (exact) mass is 182 g/mol. The molecule has 0 saturated carbocycles. The molecule has 0 aliphatic heterocycles. The third-order valence-electron chi connectivity index (χ3n) is 2.39. The molecule has 0 radical (unpaired) electrons. The first kappa shape index (κ1) is 12.4. The fourth-order valence-corrected chi connectivity index (χ4v) is 1.35. The Labute approximate surface area is 82.2 Å². The van der Waals surface area contributed by atoms with Gasteiger partial charge in [0, 0.05) is 12.3 Å². The number of rotatable bonds is 8. The molecule has 76 valence electrons. The Bertz CT molecular complexity index is 149. The van der Waals surface area contributed by atoms with Crippen LogP contribution < -0.4 is 0 Å². The van der Waals surface area contributed by atoms with E-state index < -0.39 is 0 Å². The van der Waals surface area contributed by atoms with E-state index >= 15 is 0 Å². The van der Waals surface area contributed by atoms with Gasteiger partial charge in [-0.3, -0.25) is 4.79 Å². The summed E-state index contributed by atoms with van der Waals surface area (Å²) in [5, 5.41) is 0.